The second kappa shape index (κ2) is 6.63. The highest BCUT2D eigenvalue weighted by molar-refractivity contribution is 7.14. The molecule has 0 fully saturated rings. The number of hydrogen-bond acceptors (Lipinski definition) is 4. The highest BCUT2D eigenvalue weighted by Crippen LogP contribution is 2.40. The molecule has 0 unspecified atom stereocenters. The summed E-state index contributed by atoms with van der Waals surface area (Å²) in [6.07, 6.45) is 0. The van der Waals surface area contributed by atoms with E-state index in [0.29, 0.717) is 11.3 Å². The van der Waals surface area contributed by atoms with Gasteiger partial charge in [0, 0.05) is 12.5 Å². The third-order valence-electron chi connectivity index (χ3n) is 3.46. The molecule has 1 aromatic carbocycles. The average Bonchev–Trinajstić information content (AvgIpc) is 2.88. The van der Waals surface area contributed by atoms with Crippen molar-refractivity contribution >= 4 is 17.1 Å². The van der Waals surface area contributed by atoms with Crippen LogP contribution in [0.25, 0.3) is 10.4 Å². The first-order chi connectivity index (χ1) is 10.3. The molecule has 0 aliphatic rings. The molecule has 1 heterocycles. The van der Waals surface area contributed by atoms with Gasteiger partial charge in [-0.1, -0.05) is 45.0 Å². The fraction of sp³-hybridized carbons (Fsp3) is 0.389. The maximum absolute atomic E-state index is 11.7. The predicted molar refractivity (Wildman–Crippen MR) is 91.0 cm³/mol. The van der Waals surface area contributed by atoms with Gasteiger partial charge in [-0.2, -0.15) is 0 Å². The Kier molecular flexibility index (Phi) is 5.04. The van der Waals surface area contributed by atoms with Crippen LogP contribution in [0.5, 0.6) is 5.75 Å². The SMILES string of the molecule is COCOc1c(C(C)=O)csc1-c1ccc(C(C)(C)C)cc1. The van der Waals surface area contributed by atoms with Crippen molar-refractivity contribution in [3.63, 3.8) is 0 Å². The van der Waals surface area contributed by atoms with E-state index < -0.39 is 0 Å². The quantitative estimate of drug-likeness (QED) is 0.581. The molecule has 3 nitrogen and oxygen atoms in total. The van der Waals surface area contributed by atoms with E-state index in [1.54, 1.807) is 14.0 Å². The number of thiophene rings is 1. The van der Waals surface area contributed by atoms with Gasteiger partial charge in [0.1, 0.15) is 0 Å². The number of rotatable bonds is 5. The molecule has 2 rings (SSSR count). The molecular weight excluding hydrogens is 296 g/mol. The highest BCUT2D eigenvalue weighted by Gasteiger charge is 2.19. The molecule has 0 radical (unpaired) electrons. The number of carbonyl (C=O) groups is 1. The number of Topliss-reactive ketones (excluding diaryl/α,β-unsaturated/α-hetero) is 1. The number of methoxy groups -OCH3 is 1. The zero-order chi connectivity index (χ0) is 16.3. The third kappa shape index (κ3) is 3.57. The van der Waals surface area contributed by atoms with Crippen LogP contribution in [0.4, 0.5) is 0 Å². The van der Waals surface area contributed by atoms with E-state index in [1.807, 2.05) is 5.38 Å². The van der Waals surface area contributed by atoms with E-state index in [0.717, 1.165) is 10.4 Å². The van der Waals surface area contributed by atoms with Gasteiger partial charge in [0.2, 0.25) is 0 Å². The van der Waals surface area contributed by atoms with Gasteiger partial charge in [-0.05, 0) is 23.5 Å². The Hall–Kier alpha value is -1.65. The Morgan fingerprint density at radius 1 is 1.18 bits per heavy atom. The Morgan fingerprint density at radius 3 is 2.32 bits per heavy atom. The maximum Gasteiger partial charge on any atom is 0.188 e. The summed E-state index contributed by atoms with van der Waals surface area (Å²) < 4.78 is 10.6. The number of benzene rings is 1. The molecule has 0 aliphatic carbocycles. The standard InChI is InChI=1S/C18H22O3S/c1-12(19)15-10-22-17(16(15)21-11-20-5)13-6-8-14(9-7-13)18(2,3)4/h6-10H,11H2,1-5H3. The van der Waals surface area contributed by atoms with Crippen LogP contribution in [0.3, 0.4) is 0 Å². The highest BCUT2D eigenvalue weighted by atomic mass is 32.1. The molecule has 0 spiro atoms. The van der Waals surface area contributed by atoms with E-state index in [2.05, 4.69) is 45.0 Å². The topological polar surface area (TPSA) is 35.5 Å². The van der Waals surface area contributed by atoms with Crippen molar-refractivity contribution < 1.29 is 14.3 Å². The molecular formula is C18H22O3S. The molecule has 0 N–H and O–H groups in total. The minimum absolute atomic E-state index is 0.0000789. The first-order valence-electron chi connectivity index (χ1n) is 7.19. The van der Waals surface area contributed by atoms with Crippen molar-refractivity contribution in [2.24, 2.45) is 0 Å². The van der Waals surface area contributed by atoms with Gasteiger partial charge in [-0.3, -0.25) is 4.79 Å². The van der Waals surface area contributed by atoms with Crippen LogP contribution in [0.2, 0.25) is 0 Å². The number of carbonyl (C=O) groups excluding carboxylic acids is 1. The normalized spacial score (nSPS) is 11.5. The Bertz CT molecular complexity index is 648. The van der Waals surface area contributed by atoms with Crippen LogP contribution < -0.4 is 4.74 Å². The summed E-state index contributed by atoms with van der Waals surface area (Å²) in [5.74, 6) is 0.614. The van der Waals surface area contributed by atoms with Crippen molar-refractivity contribution in [1.29, 1.82) is 0 Å². The smallest absolute Gasteiger partial charge is 0.188 e. The number of hydrogen-bond donors (Lipinski definition) is 0. The summed E-state index contributed by atoms with van der Waals surface area (Å²) in [6.45, 7) is 8.24. The van der Waals surface area contributed by atoms with Gasteiger partial charge in [-0.15, -0.1) is 11.3 Å². The zero-order valence-corrected chi connectivity index (χ0v) is 14.5. The van der Waals surface area contributed by atoms with Gasteiger partial charge in [0.25, 0.3) is 0 Å². The van der Waals surface area contributed by atoms with Gasteiger partial charge in [0.05, 0.1) is 10.4 Å². The van der Waals surface area contributed by atoms with Crippen LogP contribution in [-0.2, 0) is 10.2 Å². The second-order valence-corrected chi connectivity index (χ2v) is 7.12. The Morgan fingerprint density at radius 2 is 1.82 bits per heavy atom. The summed E-state index contributed by atoms with van der Waals surface area (Å²) in [4.78, 5) is 12.7. The average molecular weight is 318 g/mol. The van der Waals surface area contributed by atoms with Crippen molar-refractivity contribution in [3.8, 4) is 16.2 Å². The molecule has 2 aromatic rings. The molecule has 0 bridgehead atoms. The summed E-state index contributed by atoms with van der Waals surface area (Å²) in [5.41, 5.74) is 3.06. The lowest BCUT2D eigenvalue weighted by Gasteiger charge is -2.19. The summed E-state index contributed by atoms with van der Waals surface area (Å²) in [6, 6.07) is 8.41. The van der Waals surface area contributed by atoms with Crippen LogP contribution in [0, 0.1) is 0 Å². The third-order valence-corrected chi connectivity index (χ3v) is 4.47. The monoisotopic (exact) mass is 318 g/mol. The molecule has 4 heteroatoms. The molecule has 1 aromatic heterocycles. The summed E-state index contributed by atoms with van der Waals surface area (Å²) in [7, 11) is 1.57. The van der Waals surface area contributed by atoms with Crippen molar-refractivity contribution in [2.75, 3.05) is 13.9 Å². The molecule has 0 amide bonds. The van der Waals surface area contributed by atoms with Gasteiger partial charge >= 0.3 is 0 Å². The first-order valence-corrected chi connectivity index (χ1v) is 8.07. The number of ketones is 1. The van der Waals surface area contributed by atoms with E-state index in [9.17, 15) is 4.79 Å². The lowest BCUT2D eigenvalue weighted by atomic mass is 9.86. The minimum Gasteiger partial charge on any atom is -0.465 e. The Balaban J connectivity index is 2.41. The fourth-order valence-electron chi connectivity index (χ4n) is 2.17. The van der Waals surface area contributed by atoms with Gasteiger partial charge in [-0.25, -0.2) is 0 Å². The van der Waals surface area contributed by atoms with Crippen LogP contribution in [0.15, 0.2) is 29.6 Å². The number of ether oxygens (including phenoxy) is 2. The second-order valence-electron chi connectivity index (χ2n) is 6.24. The van der Waals surface area contributed by atoms with Gasteiger partial charge in [0.15, 0.2) is 18.3 Å². The summed E-state index contributed by atoms with van der Waals surface area (Å²) in [5, 5.41) is 1.85. The predicted octanol–water partition coefficient (Wildman–Crippen LogP) is 4.90. The molecule has 22 heavy (non-hydrogen) atoms. The van der Waals surface area contributed by atoms with E-state index in [1.165, 1.54) is 16.9 Å². The largest absolute Gasteiger partial charge is 0.465 e. The zero-order valence-electron chi connectivity index (χ0n) is 13.7. The van der Waals surface area contributed by atoms with Crippen molar-refractivity contribution in [3.05, 3.63) is 40.8 Å². The van der Waals surface area contributed by atoms with E-state index in [4.69, 9.17) is 9.47 Å². The molecule has 0 saturated heterocycles. The maximum atomic E-state index is 11.7. The van der Waals surface area contributed by atoms with Crippen molar-refractivity contribution in [2.45, 2.75) is 33.1 Å². The summed E-state index contributed by atoms with van der Waals surface area (Å²) >= 11 is 1.52. The lowest BCUT2D eigenvalue weighted by Crippen LogP contribution is -2.10. The van der Waals surface area contributed by atoms with E-state index >= 15 is 0 Å². The lowest BCUT2D eigenvalue weighted by molar-refractivity contribution is 0.0510. The fourth-order valence-corrected chi connectivity index (χ4v) is 3.23. The minimum atomic E-state index is -0.0000789. The molecule has 0 aliphatic heterocycles. The molecule has 118 valence electrons. The molecule has 0 atom stereocenters. The Labute approximate surface area is 135 Å². The molecule has 0 saturated carbocycles. The van der Waals surface area contributed by atoms with Gasteiger partial charge < -0.3 is 9.47 Å². The van der Waals surface area contributed by atoms with Crippen LogP contribution >= 0.6 is 11.3 Å². The first kappa shape index (κ1) is 16.7. The van der Waals surface area contributed by atoms with Crippen LogP contribution in [-0.4, -0.2) is 19.7 Å². The van der Waals surface area contributed by atoms with E-state index in [-0.39, 0.29) is 18.0 Å². The van der Waals surface area contributed by atoms with Crippen LogP contribution in [0.1, 0.15) is 43.6 Å². The van der Waals surface area contributed by atoms with Crippen molar-refractivity contribution in [1.82, 2.24) is 0 Å².